The number of anilines is 2. The fourth-order valence-corrected chi connectivity index (χ4v) is 4.43. The molecule has 4 rings (SSSR count). The summed E-state index contributed by atoms with van der Waals surface area (Å²) in [5.41, 5.74) is 4.42. The lowest BCUT2D eigenvalue weighted by Gasteiger charge is -2.36. The highest BCUT2D eigenvalue weighted by Crippen LogP contribution is 2.20. The maximum atomic E-state index is 12.2. The summed E-state index contributed by atoms with van der Waals surface area (Å²) in [4.78, 5) is 21.4. The maximum absolute atomic E-state index is 12.2. The lowest BCUT2D eigenvalue weighted by molar-refractivity contribution is -0.113. The van der Waals surface area contributed by atoms with Crippen LogP contribution < -0.4 is 10.2 Å². The molecule has 0 spiro atoms. The van der Waals surface area contributed by atoms with E-state index in [0.717, 1.165) is 49.9 Å². The van der Waals surface area contributed by atoms with Crippen LogP contribution in [0.5, 0.6) is 0 Å². The molecule has 3 aromatic rings. The smallest absolute Gasteiger partial charge is 0.234 e. The van der Waals surface area contributed by atoms with Crippen LogP contribution >= 0.6 is 11.8 Å². The second-order valence-electron chi connectivity index (χ2n) is 7.66. The minimum Gasteiger partial charge on any atom is -0.369 e. The number of pyridine rings is 1. The Morgan fingerprint density at radius 2 is 1.65 bits per heavy atom. The summed E-state index contributed by atoms with van der Waals surface area (Å²) < 4.78 is 0. The number of nitrogens with zero attached hydrogens (tertiary/aromatic N) is 3. The minimum absolute atomic E-state index is 0.0169. The first kappa shape index (κ1) is 21.4. The Balaban J connectivity index is 1.20. The molecule has 0 aliphatic carbocycles. The summed E-state index contributed by atoms with van der Waals surface area (Å²) in [6, 6.07) is 24.7. The van der Waals surface area contributed by atoms with E-state index in [9.17, 15) is 4.79 Å². The van der Waals surface area contributed by atoms with Gasteiger partial charge in [-0.15, -0.1) is 11.8 Å². The van der Waals surface area contributed by atoms with Gasteiger partial charge in [0, 0.05) is 56.0 Å². The number of aromatic nitrogens is 1. The largest absolute Gasteiger partial charge is 0.369 e. The Labute approximate surface area is 188 Å². The van der Waals surface area contributed by atoms with Gasteiger partial charge < -0.3 is 10.2 Å². The van der Waals surface area contributed by atoms with Crippen molar-refractivity contribution in [2.75, 3.05) is 42.1 Å². The average Bonchev–Trinajstić information content (AvgIpc) is 2.82. The number of carbonyl (C=O) groups is 1. The van der Waals surface area contributed by atoms with Crippen molar-refractivity contribution < 1.29 is 4.79 Å². The predicted molar refractivity (Wildman–Crippen MR) is 129 cm³/mol. The van der Waals surface area contributed by atoms with E-state index in [1.165, 1.54) is 11.3 Å². The average molecular weight is 433 g/mol. The molecule has 0 saturated carbocycles. The quantitative estimate of drug-likeness (QED) is 0.576. The van der Waals surface area contributed by atoms with Crippen LogP contribution in [0.4, 0.5) is 11.4 Å². The zero-order chi connectivity index (χ0) is 21.3. The molecule has 6 heteroatoms. The van der Waals surface area contributed by atoms with Crippen molar-refractivity contribution in [3.63, 3.8) is 0 Å². The minimum atomic E-state index is 0.0169. The van der Waals surface area contributed by atoms with Gasteiger partial charge in [0.2, 0.25) is 5.91 Å². The van der Waals surface area contributed by atoms with Crippen LogP contribution in [-0.2, 0) is 17.1 Å². The van der Waals surface area contributed by atoms with E-state index in [0.29, 0.717) is 5.75 Å². The van der Waals surface area contributed by atoms with Crippen LogP contribution in [0.1, 0.15) is 11.3 Å². The third-order valence-corrected chi connectivity index (χ3v) is 6.31. The number of hydrogen-bond donors (Lipinski definition) is 1. The first-order valence-corrected chi connectivity index (χ1v) is 11.8. The summed E-state index contributed by atoms with van der Waals surface area (Å²) in [5, 5.41) is 2.99. The maximum Gasteiger partial charge on any atom is 0.234 e. The molecule has 1 aliphatic heterocycles. The zero-order valence-corrected chi connectivity index (χ0v) is 18.4. The molecule has 31 heavy (non-hydrogen) atoms. The lowest BCUT2D eigenvalue weighted by atomic mass is 10.2. The molecule has 1 N–H and O–H groups in total. The van der Waals surface area contributed by atoms with E-state index in [4.69, 9.17) is 0 Å². The van der Waals surface area contributed by atoms with Gasteiger partial charge in [0.1, 0.15) is 0 Å². The second kappa shape index (κ2) is 11.0. The van der Waals surface area contributed by atoms with Crippen molar-refractivity contribution in [3.05, 3.63) is 90.3 Å². The molecule has 2 aromatic carbocycles. The molecular weight excluding hydrogens is 404 g/mol. The molecule has 160 valence electrons. The summed E-state index contributed by atoms with van der Waals surface area (Å²) in [5.74, 6) is 1.17. The Kier molecular flexibility index (Phi) is 7.58. The molecule has 1 saturated heterocycles. The molecule has 1 aliphatic rings. The summed E-state index contributed by atoms with van der Waals surface area (Å²) in [7, 11) is 0. The number of piperazine rings is 1. The van der Waals surface area contributed by atoms with E-state index >= 15 is 0 Å². The fourth-order valence-electron chi connectivity index (χ4n) is 3.69. The van der Waals surface area contributed by atoms with Gasteiger partial charge in [-0.25, -0.2) is 0 Å². The van der Waals surface area contributed by atoms with Gasteiger partial charge >= 0.3 is 0 Å². The van der Waals surface area contributed by atoms with E-state index in [2.05, 4.69) is 62.6 Å². The first-order valence-electron chi connectivity index (χ1n) is 10.6. The van der Waals surface area contributed by atoms with Crippen LogP contribution in [0.25, 0.3) is 0 Å². The van der Waals surface area contributed by atoms with Crippen LogP contribution in [0.3, 0.4) is 0 Å². The van der Waals surface area contributed by atoms with Crippen LogP contribution in [-0.4, -0.2) is 47.7 Å². The van der Waals surface area contributed by atoms with Gasteiger partial charge in [-0.05, 0) is 42.0 Å². The molecule has 1 fully saturated rings. The van der Waals surface area contributed by atoms with Crippen molar-refractivity contribution >= 4 is 29.0 Å². The third-order valence-electron chi connectivity index (χ3n) is 5.35. The van der Waals surface area contributed by atoms with Crippen LogP contribution in [0, 0.1) is 0 Å². The Morgan fingerprint density at radius 3 is 2.35 bits per heavy atom. The molecule has 1 amide bonds. The number of benzene rings is 2. The SMILES string of the molecule is O=C(CSCc1ccccn1)Nc1ccc(N2CCN(Cc3ccccc3)CC2)cc1. The van der Waals surface area contributed by atoms with Crippen LogP contribution in [0.15, 0.2) is 79.0 Å². The third kappa shape index (κ3) is 6.57. The van der Waals surface area contributed by atoms with Crippen molar-refractivity contribution in [3.8, 4) is 0 Å². The molecule has 5 nitrogen and oxygen atoms in total. The second-order valence-corrected chi connectivity index (χ2v) is 8.64. The number of nitrogens with one attached hydrogen (secondary N) is 1. The molecule has 0 atom stereocenters. The fraction of sp³-hybridized carbons (Fsp3) is 0.280. The Morgan fingerprint density at radius 1 is 0.903 bits per heavy atom. The highest BCUT2D eigenvalue weighted by atomic mass is 32.2. The lowest BCUT2D eigenvalue weighted by Crippen LogP contribution is -2.45. The summed E-state index contributed by atoms with van der Waals surface area (Å²) in [6.45, 7) is 5.16. The van der Waals surface area contributed by atoms with E-state index in [1.807, 2.05) is 30.3 Å². The van der Waals surface area contributed by atoms with Crippen molar-refractivity contribution in [1.29, 1.82) is 0 Å². The molecule has 0 radical (unpaired) electrons. The Hall–Kier alpha value is -2.83. The normalized spacial score (nSPS) is 14.4. The molecule has 0 unspecified atom stereocenters. The van der Waals surface area contributed by atoms with Crippen LogP contribution in [0.2, 0.25) is 0 Å². The molecule has 2 heterocycles. The number of amides is 1. The summed E-state index contributed by atoms with van der Waals surface area (Å²) in [6.07, 6.45) is 1.78. The summed E-state index contributed by atoms with van der Waals surface area (Å²) >= 11 is 1.57. The van der Waals surface area contributed by atoms with Crippen molar-refractivity contribution in [2.24, 2.45) is 0 Å². The first-order chi connectivity index (χ1) is 15.3. The zero-order valence-electron chi connectivity index (χ0n) is 17.6. The molecule has 1 aromatic heterocycles. The highest BCUT2D eigenvalue weighted by Gasteiger charge is 2.17. The number of thioether (sulfide) groups is 1. The van der Waals surface area contributed by atoms with Gasteiger partial charge in [-0.2, -0.15) is 0 Å². The van der Waals surface area contributed by atoms with Gasteiger partial charge in [0.05, 0.1) is 11.4 Å². The van der Waals surface area contributed by atoms with Crippen molar-refractivity contribution in [2.45, 2.75) is 12.3 Å². The van der Waals surface area contributed by atoms with Crippen molar-refractivity contribution in [1.82, 2.24) is 9.88 Å². The van der Waals surface area contributed by atoms with E-state index in [-0.39, 0.29) is 5.91 Å². The topological polar surface area (TPSA) is 48.5 Å². The molecular formula is C25H28N4OS. The van der Waals surface area contributed by atoms with Gasteiger partial charge in [-0.3, -0.25) is 14.7 Å². The van der Waals surface area contributed by atoms with E-state index in [1.54, 1.807) is 18.0 Å². The number of rotatable bonds is 8. The van der Waals surface area contributed by atoms with Gasteiger partial charge in [0.25, 0.3) is 0 Å². The van der Waals surface area contributed by atoms with Gasteiger partial charge in [-0.1, -0.05) is 36.4 Å². The predicted octanol–water partition coefficient (Wildman–Crippen LogP) is 4.28. The number of carbonyl (C=O) groups excluding carboxylic acids is 1. The highest BCUT2D eigenvalue weighted by molar-refractivity contribution is 7.99. The standard InChI is InChI=1S/C25H28N4OS/c30-25(20-31-19-23-8-4-5-13-26-23)27-22-9-11-24(12-10-22)29-16-14-28(15-17-29)18-21-6-2-1-3-7-21/h1-13H,14-20H2,(H,27,30). The van der Waals surface area contributed by atoms with Gasteiger partial charge in [0.15, 0.2) is 0 Å². The van der Waals surface area contributed by atoms with E-state index < -0.39 is 0 Å². The Bertz CT molecular complexity index is 942. The molecule has 0 bridgehead atoms. The monoisotopic (exact) mass is 432 g/mol. The number of hydrogen-bond acceptors (Lipinski definition) is 5.